The smallest absolute Gasteiger partial charge is 0.123 e. The number of rotatable bonds is 4. The molecule has 1 saturated heterocycles. The van der Waals surface area contributed by atoms with Crippen molar-refractivity contribution in [2.24, 2.45) is 0 Å². The fraction of sp³-hybridized carbons (Fsp3) is 0.333. The van der Waals surface area contributed by atoms with E-state index in [1.165, 1.54) is 17.7 Å². The van der Waals surface area contributed by atoms with Gasteiger partial charge in [-0.1, -0.05) is 18.2 Å². The fourth-order valence-corrected chi connectivity index (χ4v) is 2.92. The second kappa shape index (κ2) is 6.79. The van der Waals surface area contributed by atoms with Crippen molar-refractivity contribution < 1.29 is 4.39 Å². The number of nitrogen functional groups attached to an aromatic ring is 1. The zero-order chi connectivity index (χ0) is 15.4. The maximum Gasteiger partial charge on any atom is 0.123 e. The van der Waals surface area contributed by atoms with Crippen LogP contribution in [-0.4, -0.2) is 37.6 Å². The minimum absolute atomic E-state index is 0.178. The lowest BCUT2D eigenvalue weighted by molar-refractivity contribution is 0.261. The van der Waals surface area contributed by atoms with Crippen molar-refractivity contribution >= 4 is 11.4 Å². The van der Waals surface area contributed by atoms with E-state index in [1.807, 2.05) is 30.3 Å². The van der Waals surface area contributed by atoms with Gasteiger partial charge in [0.15, 0.2) is 0 Å². The Bertz CT molecular complexity index is 604. The van der Waals surface area contributed by atoms with Crippen LogP contribution in [-0.2, 0) is 6.42 Å². The number of benzene rings is 2. The quantitative estimate of drug-likeness (QED) is 0.881. The lowest BCUT2D eigenvalue weighted by Gasteiger charge is -2.36. The lowest BCUT2D eigenvalue weighted by Crippen LogP contribution is -2.47. The zero-order valence-corrected chi connectivity index (χ0v) is 12.7. The third-order valence-electron chi connectivity index (χ3n) is 4.32. The molecule has 22 heavy (non-hydrogen) atoms. The standard InChI is InChI=1S/C18H22FN3/c19-16-5-7-17(8-6-16)22-13-11-21(12-14-22)10-9-15-3-1-2-4-18(15)20/h1-8H,9-14,20H2. The van der Waals surface area contributed by atoms with Crippen LogP contribution in [0, 0.1) is 5.82 Å². The molecule has 0 bridgehead atoms. The molecule has 0 amide bonds. The number of hydrogen-bond donors (Lipinski definition) is 1. The van der Waals surface area contributed by atoms with E-state index in [2.05, 4.69) is 15.9 Å². The molecule has 2 aromatic rings. The van der Waals surface area contributed by atoms with Crippen LogP contribution in [0.1, 0.15) is 5.56 Å². The van der Waals surface area contributed by atoms with Gasteiger partial charge >= 0.3 is 0 Å². The van der Waals surface area contributed by atoms with Crippen LogP contribution in [0.25, 0.3) is 0 Å². The third-order valence-corrected chi connectivity index (χ3v) is 4.32. The highest BCUT2D eigenvalue weighted by atomic mass is 19.1. The van der Waals surface area contributed by atoms with Crippen LogP contribution in [0.15, 0.2) is 48.5 Å². The molecule has 0 saturated carbocycles. The summed E-state index contributed by atoms with van der Waals surface area (Å²) in [5.74, 6) is -0.178. The third kappa shape index (κ3) is 3.57. The van der Waals surface area contributed by atoms with Gasteiger partial charge in [0.25, 0.3) is 0 Å². The number of nitrogens with two attached hydrogens (primary N) is 1. The van der Waals surface area contributed by atoms with E-state index in [0.717, 1.165) is 50.5 Å². The minimum atomic E-state index is -0.178. The normalized spacial score (nSPS) is 16.0. The number of para-hydroxylation sites is 1. The predicted octanol–water partition coefficient (Wildman–Crippen LogP) is 2.77. The highest BCUT2D eigenvalue weighted by Crippen LogP contribution is 2.17. The Morgan fingerprint density at radius 2 is 1.59 bits per heavy atom. The summed E-state index contributed by atoms with van der Waals surface area (Å²) in [6.45, 7) is 5.06. The first-order valence-electron chi connectivity index (χ1n) is 7.78. The number of anilines is 2. The second-order valence-electron chi connectivity index (χ2n) is 5.75. The number of nitrogens with zero attached hydrogens (tertiary/aromatic N) is 2. The van der Waals surface area contributed by atoms with Gasteiger partial charge in [-0.25, -0.2) is 4.39 Å². The van der Waals surface area contributed by atoms with Crippen LogP contribution in [0.4, 0.5) is 15.8 Å². The SMILES string of the molecule is Nc1ccccc1CCN1CCN(c2ccc(F)cc2)CC1. The van der Waals surface area contributed by atoms with E-state index in [-0.39, 0.29) is 5.82 Å². The number of halogens is 1. The molecule has 4 heteroatoms. The summed E-state index contributed by atoms with van der Waals surface area (Å²) in [6.07, 6.45) is 0.989. The van der Waals surface area contributed by atoms with Gasteiger partial charge in [0.2, 0.25) is 0 Å². The Kier molecular flexibility index (Phi) is 4.59. The highest BCUT2D eigenvalue weighted by Gasteiger charge is 2.17. The Morgan fingerprint density at radius 1 is 0.909 bits per heavy atom. The van der Waals surface area contributed by atoms with E-state index in [9.17, 15) is 4.39 Å². The monoisotopic (exact) mass is 299 g/mol. The molecular formula is C18H22FN3. The Balaban J connectivity index is 1.49. The molecular weight excluding hydrogens is 277 g/mol. The molecule has 0 atom stereocenters. The minimum Gasteiger partial charge on any atom is -0.399 e. The summed E-state index contributed by atoms with van der Waals surface area (Å²) < 4.78 is 13.0. The summed E-state index contributed by atoms with van der Waals surface area (Å²) in [7, 11) is 0. The van der Waals surface area contributed by atoms with Crippen molar-refractivity contribution in [2.75, 3.05) is 43.4 Å². The zero-order valence-electron chi connectivity index (χ0n) is 12.7. The van der Waals surface area contributed by atoms with Gasteiger partial charge < -0.3 is 10.6 Å². The Labute approximate surface area is 131 Å². The summed E-state index contributed by atoms with van der Waals surface area (Å²) in [5.41, 5.74) is 9.20. The van der Waals surface area contributed by atoms with Crippen LogP contribution in [0.5, 0.6) is 0 Å². The maximum atomic E-state index is 13.0. The molecule has 116 valence electrons. The molecule has 1 aliphatic heterocycles. The summed E-state index contributed by atoms with van der Waals surface area (Å²) in [6, 6.07) is 14.8. The fourth-order valence-electron chi connectivity index (χ4n) is 2.92. The van der Waals surface area contributed by atoms with Crippen molar-refractivity contribution in [3.05, 3.63) is 59.9 Å². The Morgan fingerprint density at radius 3 is 2.27 bits per heavy atom. The second-order valence-corrected chi connectivity index (χ2v) is 5.75. The van der Waals surface area contributed by atoms with E-state index >= 15 is 0 Å². The molecule has 0 unspecified atom stereocenters. The van der Waals surface area contributed by atoms with E-state index < -0.39 is 0 Å². The van der Waals surface area contributed by atoms with Gasteiger partial charge in [-0.15, -0.1) is 0 Å². The average Bonchev–Trinajstić information content (AvgIpc) is 2.55. The molecule has 1 heterocycles. The molecule has 2 aromatic carbocycles. The van der Waals surface area contributed by atoms with Crippen LogP contribution in [0.2, 0.25) is 0 Å². The first kappa shape index (κ1) is 14.9. The van der Waals surface area contributed by atoms with Crippen molar-refractivity contribution in [3.63, 3.8) is 0 Å². The topological polar surface area (TPSA) is 32.5 Å². The molecule has 0 aromatic heterocycles. The van der Waals surface area contributed by atoms with E-state index in [1.54, 1.807) is 0 Å². The molecule has 0 aliphatic carbocycles. The molecule has 3 rings (SSSR count). The first-order valence-corrected chi connectivity index (χ1v) is 7.78. The molecule has 2 N–H and O–H groups in total. The van der Waals surface area contributed by atoms with Crippen molar-refractivity contribution in [1.29, 1.82) is 0 Å². The molecule has 1 fully saturated rings. The summed E-state index contributed by atoms with van der Waals surface area (Å²) in [5, 5.41) is 0. The average molecular weight is 299 g/mol. The Hall–Kier alpha value is -2.07. The van der Waals surface area contributed by atoms with Crippen molar-refractivity contribution in [2.45, 2.75) is 6.42 Å². The van der Waals surface area contributed by atoms with Gasteiger partial charge in [-0.2, -0.15) is 0 Å². The largest absolute Gasteiger partial charge is 0.399 e. The maximum absolute atomic E-state index is 13.0. The lowest BCUT2D eigenvalue weighted by atomic mass is 10.1. The number of hydrogen-bond acceptors (Lipinski definition) is 3. The molecule has 0 spiro atoms. The van der Waals surface area contributed by atoms with Gasteiger partial charge in [-0.05, 0) is 42.3 Å². The van der Waals surface area contributed by atoms with Gasteiger partial charge in [-0.3, -0.25) is 4.90 Å². The van der Waals surface area contributed by atoms with Crippen LogP contribution < -0.4 is 10.6 Å². The van der Waals surface area contributed by atoms with Crippen molar-refractivity contribution in [3.8, 4) is 0 Å². The van der Waals surface area contributed by atoms with E-state index in [0.29, 0.717) is 0 Å². The van der Waals surface area contributed by atoms with Crippen molar-refractivity contribution in [1.82, 2.24) is 4.90 Å². The van der Waals surface area contributed by atoms with Gasteiger partial charge in [0, 0.05) is 44.1 Å². The van der Waals surface area contributed by atoms with E-state index in [4.69, 9.17) is 5.73 Å². The molecule has 0 radical (unpaired) electrons. The highest BCUT2D eigenvalue weighted by molar-refractivity contribution is 5.47. The summed E-state index contributed by atoms with van der Waals surface area (Å²) >= 11 is 0. The predicted molar refractivity (Wildman–Crippen MR) is 89.6 cm³/mol. The first-order chi connectivity index (χ1) is 10.7. The van der Waals surface area contributed by atoms with Crippen LogP contribution in [0.3, 0.4) is 0 Å². The molecule has 3 nitrogen and oxygen atoms in total. The number of piperazine rings is 1. The van der Waals surface area contributed by atoms with Crippen LogP contribution >= 0.6 is 0 Å². The molecule has 1 aliphatic rings. The van der Waals surface area contributed by atoms with Gasteiger partial charge in [0.1, 0.15) is 5.82 Å². The summed E-state index contributed by atoms with van der Waals surface area (Å²) in [4.78, 5) is 4.78. The van der Waals surface area contributed by atoms with Gasteiger partial charge in [0.05, 0.1) is 0 Å².